The van der Waals surface area contributed by atoms with Crippen molar-refractivity contribution in [2.45, 2.75) is 27.2 Å². The molecular weight excluding hydrogens is 342 g/mol. The summed E-state index contributed by atoms with van der Waals surface area (Å²) in [6.45, 7) is 6.28. The predicted molar refractivity (Wildman–Crippen MR) is 104 cm³/mol. The molecule has 2 heterocycles. The molecule has 0 amide bonds. The second kappa shape index (κ2) is 6.84. The highest BCUT2D eigenvalue weighted by atomic mass is 32.1. The maximum Gasteiger partial charge on any atom is 0.233 e. The minimum Gasteiger partial charge on any atom is -0.339 e. The molecule has 2 aromatic heterocycles. The molecule has 0 bridgehead atoms. The van der Waals surface area contributed by atoms with Crippen LogP contribution in [0.3, 0.4) is 0 Å². The number of rotatable bonds is 4. The number of thiazole rings is 1. The van der Waals surface area contributed by atoms with Crippen LogP contribution in [0.4, 0.5) is 0 Å². The quantitative estimate of drug-likeness (QED) is 0.490. The van der Waals surface area contributed by atoms with E-state index in [2.05, 4.69) is 54.5 Å². The summed E-state index contributed by atoms with van der Waals surface area (Å²) in [4.78, 5) is 9.26. The Morgan fingerprint density at radius 1 is 0.923 bits per heavy atom. The van der Waals surface area contributed by atoms with Gasteiger partial charge in [0, 0.05) is 16.5 Å². The van der Waals surface area contributed by atoms with Crippen molar-refractivity contribution in [2.24, 2.45) is 0 Å². The summed E-state index contributed by atoms with van der Waals surface area (Å²) in [7, 11) is 0. The van der Waals surface area contributed by atoms with Crippen LogP contribution in [0, 0.1) is 20.8 Å². The van der Waals surface area contributed by atoms with E-state index in [9.17, 15) is 0 Å². The van der Waals surface area contributed by atoms with Gasteiger partial charge in [0.1, 0.15) is 5.01 Å². The van der Waals surface area contributed by atoms with E-state index in [1.165, 1.54) is 22.3 Å². The standard InChI is InChI=1S/C21H19N3OS/c1-13-4-7-16(8-5-13)21-23-19(25-24-21)11-20-22-18(12-26-20)17-9-6-14(2)10-15(17)3/h4-10,12H,11H2,1-3H3. The van der Waals surface area contributed by atoms with Crippen molar-refractivity contribution < 1.29 is 4.52 Å². The van der Waals surface area contributed by atoms with Gasteiger partial charge in [-0.05, 0) is 26.3 Å². The number of nitrogens with zero attached hydrogens (tertiary/aromatic N) is 3. The van der Waals surface area contributed by atoms with Gasteiger partial charge in [-0.15, -0.1) is 11.3 Å². The first-order chi connectivity index (χ1) is 12.6. The lowest BCUT2D eigenvalue weighted by atomic mass is 10.0. The van der Waals surface area contributed by atoms with Gasteiger partial charge in [-0.3, -0.25) is 0 Å². The van der Waals surface area contributed by atoms with Gasteiger partial charge in [0.2, 0.25) is 11.7 Å². The van der Waals surface area contributed by atoms with Crippen molar-refractivity contribution in [3.05, 3.63) is 75.4 Å². The van der Waals surface area contributed by atoms with Crippen molar-refractivity contribution in [2.75, 3.05) is 0 Å². The zero-order valence-electron chi connectivity index (χ0n) is 15.0. The zero-order chi connectivity index (χ0) is 18.1. The molecule has 0 atom stereocenters. The van der Waals surface area contributed by atoms with Gasteiger partial charge in [0.25, 0.3) is 0 Å². The fraction of sp³-hybridized carbons (Fsp3) is 0.190. The molecule has 5 heteroatoms. The Morgan fingerprint density at radius 3 is 2.46 bits per heavy atom. The maximum atomic E-state index is 5.41. The van der Waals surface area contributed by atoms with Crippen molar-refractivity contribution in [3.8, 4) is 22.6 Å². The molecule has 130 valence electrons. The smallest absolute Gasteiger partial charge is 0.233 e. The molecule has 0 saturated carbocycles. The van der Waals surface area contributed by atoms with Gasteiger partial charge in [-0.2, -0.15) is 4.98 Å². The third-order valence-electron chi connectivity index (χ3n) is 4.29. The predicted octanol–water partition coefficient (Wildman–Crippen LogP) is 5.38. The van der Waals surface area contributed by atoms with E-state index in [1.807, 2.05) is 24.3 Å². The Hall–Kier alpha value is -2.79. The van der Waals surface area contributed by atoms with Crippen LogP contribution < -0.4 is 0 Å². The second-order valence-electron chi connectivity index (χ2n) is 6.50. The lowest BCUT2D eigenvalue weighted by molar-refractivity contribution is 0.385. The van der Waals surface area contributed by atoms with Gasteiger partial charge < -0.3 is 4.52 Å². The van der Waals surface area contributed by atoms with Gasteiger partial charge in [-0.1, -0.05) is 58.7 Å². The molecular formula is C21H19N3OS. The number of hydrogen-bond acceptors (Lipinski definition) is 5. The van der Waals surface area contributed by atoms with E-state index >= 15 is 0 Å². The Labute approximate surface area is 156 Å². The van der Waals surface area contributed by atoms with Crippen molar-refractivity contribution in [3.63, 3.8) is 0 Å². The first-order valence-corrected chi connectivity index (χ1v) is 9.38. The van der Waals surface area contributed by atoms with Crippen molar-refractivity contribution in [1.29, 1.82) is 0 Å². The van der Waals surface area contributed by atoms with Gasteiger partial charge in [-0.25, -0.2) is 4.98 Å². The summed E-state index contributed by atoms with van der Waals surface area (Å²) in [5, 5.41) is 7.15. The average Bonchev–Trinajstić information content (AvgIpc) is 3.26. The van der Waals surface area contributed by atoms with Crippen LogP contribution in [-0.4, -0.2) is 15.1 Å². The van der Waals surface area contributed by atoms with Gasteiger partial charge >= 0.3 is 0 Å². The summed E-state index contributed by atoms with van der Waals surface area (Å²) in [5.41, 5.74) is 6.84. The Bertz CT molecular complexity index is 1050. The maximum absolute atomic E-state index is 5.41. The van der Waals surface area contributed by atoms with Crippen LogP contribution in [0.25, 0.3) is 22.6 Å². The lowest BCUT2D eigenvalue weighted by Gasteiger charge is -2.03. The highest BCUT2D eigenvalue weighted by molar-refractivity contribution is 7.10. The Kier molecular flexibility index (Phi) is 4.39. The molecule has 4 aromatic rings. The number of aryl methyl sites for hydroxylation is 3. The molecule has 0 aliphatic heterocycles. The molecule has 0 aliphatic rings. The minimum absolute atomic E-state index is 0.550. The molecule has 0 spiro atoms. The molecule has 26 heavy (non-hydrogen) atoms. The summed E-state index contributed by atoms with van der Waals surface area (Å²) >= 11 is 1.62. The molecule has 4 nitrogen and oxygen atoms in total. The highest BCUT2D eigenvalue weighted by Crippen LogP contribution is 2.27. The first kappa shape index (κ1) is 16.7. The summed E-state index contributed by atoms with van der Waals surface area (Å²) in [6, 6.07) is 14.5. The first-order valence-electron chi connectivity index (χ1n) is 8.50. The molecule has 4 rings (SSSR count). The van der Waals surface area contributed by atoms with Crippen LogP contribution >= 0.6 is 11.3 Å². The fourth-order valence-electron chi connectivity index (χ4n) is 2.89. The molecule has 0 radical (unpaired) electrons. The third-order valence-corrected chi connectivity index (χ3v) is 5.14. The number of benzene rings is 2. The molecule has 2 aromatic carbocycles. The van der Waals surface area contributed by atoms with E-state index in [1.54, 1.807) is 11.3 Å². The zero-order valence-corrected chi connectivity index (χ0v) is 15.8. The molecule has 0 aliphatic carbocycles. The molecule has 0 unspecified atom stereocenters. The minimum atomic E-state index is 0.550. The lowest BCUT2D eigenvalue weighted by Crippen LogP contribution is -1.89. The fourth-order valence-corrected chi connectivity index (χ4v) is 3.68. The number of hydrogen-bond donors (Lipinski definition) is 0. The SMILES string of the molecule is Cc1ccc(-c2noc(Cc3nc(-c4ccc(C)cc4C)cs3)n2)cc1. The van der Waals surface area contributed by atoms with Gasteiger partial charge in [0.05, 0.1) is 12.1 Å². The molecule has 0 N–H and O–H groups in total. The highest BCUT2D eigenvalue weighted by Gasteiger charge is 2.13. The van der Waals surface area contributed by atoms with Crippen LogP contribution in [0.15, 0.2) is 52.4 Å². The van der Waals surface area contributed by atoms with Crippen molar-refractivity contribution in [1.82, 2.24) is 15.1 Å². The monoisotopic (exact) mass is 361 g/mol. The summed E-state index contributed by atoms with van der Waals surface area (Å²) in [5.74, 6) is 1.20. The van der Waals surface area contributed by atoms with Crippen molar-refractivity contribution >= 4 is 11.3 Å². The van der Waals surface area contributed by atoms with E-state index in [4.69, 9.17) is 9.51 Å². The topological polar surface area (TPSA) is 51.8 Å². The van der Waals surface area contributed by atoms with Crippen LogP contribution in [0.5, 0.6) is 0 Å². The van der Waals surface area contributed by atoms with Crippen LogP contribution in [0.2, 0.25) is 0 Å². The molecule has 0 saturated heterocycles. The Balaban J connectivity index is 1.53. The molecule has 0 fully saturated rings. The number of aromatic nitrogens is 3. The van der Waals surface area contributed by atoms with Crippen LogP contribution in [0.1, 0.15) is 27.6 Å². The Morgan fingerprint density at radius 2 is 1.69 bits per heavy atom. The second-order valence-corrected chi connectivity index (χ2v) is 7.44. The third kappa shape index (κ3) is 3.44. The van der Waals surface area contributed by atoms with E-state index in [0.29, 0.717) is 18.1 Å². The normalized spacial score (nSPS) is 11.0. The average molecular weight is 361 g/mol. The summed E-state index contributed by atoms with van der Waals surface area (Å²) < 4.78 is 5.41. The van der Waals surface area contributed by atoms with E-state index in [-0.39, 0.29) is 0 Å². The van der Waals surface area contributed by atoms with Crippen LogP contribution in [-0.2, 0) is 6.42 Å². The van der Waals surface area contributed by atoms with E-state index < -0.39 is 0 Å². The largest absolute Gasteiger partial charge is 0.339 e. The van der Waals surface area contributed by atoms with Gasteiger partial charge in [0.15, 0.2) is 0 Å². The van der Waals surface area contributed by atoms with E-state index in [0.717, 1.165) is 16.3 Å². The summed E-state index contributed by atoms with van der Waals surface area (Å²) in [6.07, 6.45) is 0.550.